The fraction of sp³-hybridized carbons (Fsp3) is 0.304. The van der Waals surface area contributed by atoms with Crippen molar-refractivity contribution in [3.05, 3.63) is 72.2 Å². The Hall–Kier alpha value is -3.45. The van der Waals surface area contributed by atoms with Gasteiger partial charge in [0.05, 0.1) is 10.6 Å². The summed E-state index contributed by atoms with van der Waals surface area (Å²) >= 11 is 0. The second kappa shape index (κ2) is 8.89. The first kappa shape index (κ1) is 24.3. The van der Waals surface area contributed by atoms with Crippen molar-refractivity contribution in [1.82, 2.24) is 24.6 Å². The molecular formula is C23H19F4N5O3S. The van der Waals surface area contributed by atoms with Crippen LogP contribution in [-0.2, 0) is 27.5 Å². The molecule has 0 radical (unpaired) electrons. The minimum Gasteiger partial charge on any atom is -0.351 e. The third-order valence-corrected chi connectivity index (χ3v) is 8.15. The lowest BCUT2D eigenvalue weighted by Crippen LogP contribution is -2.48. The molecule has 3 heterocycles. The number of alkyl halides is 3. The zero-order valence-electron chi connectivity index (χ0n) is 18.5. The maximum atomic E-state index is 13.3. The molecule has 1 aliphatic heterocycles. The van der Waals surface area contributed by atoms with Gasteiger partial charge in [-0.15, -0.1) is 0 Å². The van der Waals surface area contributed by atoms with Gasteiger partial charge in [0.1, 0.15) is 11.9 Å². The van der Waals surface area contributed by atoms with Crippen LogP contribution in [0, 0.1) is 17.7 Å². The summed E-state index contributed by atoms with van der Waals surface area (Å²) in [5.74, 6) is -2.26. The molecule has 5 rings (SSSR count). The average molecular weight is 521 g/mol. The number of aromatic nitrogens is 3. The van der Waals surface area contributed by atoms with E-state index in [0.717, 1.165) is 30.9 Å². The number of carbonyl (C=O) groups is 1. The van der Waals surface area contributed by atoms with E-state index in [1.165, 1.54) is 22.6 Å². The van der Waals surface area contributed by atoms with E-state index in [1.54, 1.807) is 12.1 Å². The monoisotopic (exact) mass is 521 g/mol. The summed E-state index contributed by atoms with van der Waals surface area (Å²) in [6.45, 7) is 0.268. The van der Waals surface area contributed by atoms with Crippen molar-refractivity contribution in [2.75, 3.05) is 6.54 Å². The van der Waals surface area contributed by atoms with Crippen LogP contribution in [0.3, 0.4) is 0 Å². The van der Waals surface area contributed by atoms with E-state index in [4.69, 9.17) is 0 Å². The fourth-order valence-electron chi connectivity index (χ4n) is 4.38. The molecule has 1 saturated carbocycles. The van der Waals surface area contributed by atoms with Crippen LogP contribution in [0.1, 0.15) is 17.8 Å². The van der Waals surface area contributed by atoms with Gasteiger partial charge in [0.2, 0.25) is 21.8 Å². The van der Waals surface area contributed by atoms with E-state index in [2.05, 4.69) is 20.3 Å². The molecule has 3 atom stereocenters. The Morgan fingerprint density at radius 1 is 1.08 bits per heavy atom. The molecule has 36 heavy (non-hydrogen) atoms. The highest BCUT2D eigenvalue weighted by molar-refractivity contribution is 7.89. The summed E-state index contributed by atoms with van der Waals surface area (Å²) in [6.07, 6.45) is -0.432. The standard InChI is InChI=1S/C23H19F4N5O3S/c24-16-1-3-17(4-2-16)36(34,35)32-12-14-8-18(14)20(32)21(33)29-9-13-5-6-28-19(7-13)15-10-30-22(31-11-15)23(25,26)27/h1-7,10-11,14,18,20H,8-9,12H2,(H,29,33). The van der Waals surface area contributed by atoms with Crippen LogP contribution in [0.2, 0.25) is 0 Å². The van der Waals surface area contributed by atoms with Crippen LogP contribution >= 0.6 is 0 Å². The third-order valence-electron chi connectivity index (χ3n) is 6.29. The first-order valence-electron chi connectivity index (χ1n) is 10.9. The number of hydrogen-bond acceptors (Lipinski definition) is 6. The van der Waals surface area contributed by atoms with Gasteiger partial charge in [-0.2, -0.15) is 17.5 Å². The van der Waals surface area contributed by atoms with E-state index >= 15 is 0 Å². The Morgan fingerprint density at radius 3 is 2.44 bits per heavy atom. The second-order valence-corrected chi connectivity index (χ2v) is 10.6. The van der Waals surface area contributed by atoms with E-state index in [1.807, 2.05) is 0 Å². The number of pyridine rings is 1. The van der Waals surface area contributed by atoms with Crippen LogP contribution < -0.4 is 5.32 Å². The predicted octanol–water partition coefficient (Wildman–Crippen LogP) is 3.02. The van der Waals surface area contributed by atoms with Gasteiger partial charge >= 0.3 is 6.18 Å². The van der Waals surface area contributed by atoms with Gasteiger partial charge in [-0.1, -0.05) is 0 Å². The van der Waals surface area contributed by atoms with E-state index < -0.39 is 39.8 Å². The van der Waals surface area contributed by atoms with Crippen LogP contribution in [0.4, 0.5) is 17.6 Å². The molecule has 2 fully saturated rings. The average Bonchev–Trinajstić information content (AvgIpc) is 3.51. The molecule has 1 aliphatic carbocycles. The number of amides is 1. The minimum absolute atomic E-state index is 0.0498. The van der Waals surface area contributed by atoms with Crippen molar-refractivity contribution in [3.8, 4) is 11.3 Å². The van der Waals surface area contributed by atoms with Crippen molar-refractivity contribution in [3.63, 3.8) is 0 Å². The topological polar surface area (TPSA) is 105 Å². The van der Waals surface area contributed by atoms with Crippen molar-refractivity contribution >= 4 is 15.9 Å². The molecule has 1 aromatic carbocycles. The van der Waals surface area contributed by atoms with Gasteiger partial charge in [0.15, 0.2) is 0 Å². The summed E-state index contributed by atoms with van der Waals surface area (Å²) in [4.78, 5) is 23.8. The molecule has 188 valence electrons. The SMILES string of the molecule is O=C(NCc1ccnc(-c2cnc(C(F)(F)F)nc2)c1)C1C2CC2CN1S(=O)(=O)c1ccc(F)cc1. The number of piperidine rings is 1. The van der Waals surface area contributed by atoms with Crippen LogP contribution in [0.5, 0.6) is 0 Å². The number of sulfonamides is 1. The van der Waals surface area contributed by atoms with Crippen LogP contribution in [0.25, 0.3) is 11.3 Å². The van der Waals surface area contributed by atoms with Gasteiger partial charge in [-0.25, -0.2) is 22.8 Å². The Bertz CT molecular complexity index is 1400. The summed E-state index contributed by atoms with van der Waals surface area (Å²) in [5, 5.41) is 2.76. The van der Waals surface area contributed by atoms with Gasteiger partial charge in [-0.05, 0) is 60.2 Å². The zero-order valence-corrected chi connectivity index (χ0v) is 19.3. The Morgan fingerprint density at radius 2 is 1.78 bits per heavy atom. The molecule has 2 aliphatic rings. The quantitative estimate of drug-likeness (QED) is 0.500. The highest BCUT2D eigenvalue weighted by Gasteiger charge is 2.58. The van der Waals surface area contributed by atoms with Crippen LogP contribution in [0.15, 0.2) is 59.9 Å². The van der Waals surface area contributed by atoms with Crippen LogP contribution in [-0.4, -0.2) is 46.2 Å². The highest BCUT2D eigenvalue weighted by atomic mass is 32.2. The minimum atomic E-state index is -4.66. The first-order valence-corrected chi connectivity index (χ1v) is 12.4. The molecule has 3 unspecified atom stereocenters. The predicted molar refractivity (Wildman–Crippen MR) is 118 cm³/mol. The molecule has 0 spiro atoms. The smallest absolute Gasteiger partial charge is 0.351 e. The van der Waals surface area contributed by atoms with Crippen molar-refractivity contribution < 1.29 is 30.8 Å². The van der Waals surface area contributed by atoms with E-state index in [0.29, 0.717) is 11.3 Å². The van der Waals surface area contributed by atoms with Crippen molar-refractivity contribution in [1.29, 1.82) is 0 Å². The van der Waals surface area contributed by atoms with Gasteiger partial charge in [0, 0.05) is 37.2 Å². The maximum absolute atomic E-state index is 13.3. The lowest BCUT2D eigenvalue weighted by molar-refractivity contribution is -0.145. The lowest BCUT2D eigenvalue weighted by Gasteiger charge is -2.26. The number of fused-ring (bicyclic) bond motifs is 1. The first-order chi connectivity index (χ1) is 17.0. The molecule has 0 bridgehead atoms. The number of halogens is 4. The molecule has 1 saturated heterocycles. The van der Waals surface area contributed by atoms with Gasteiger partial charge in [-0.3, -0.25) is 9.78 Å². The fourth-order valence-corrected chi connectivity index (χ4v) is 6.07. The second-order valence-electron chi connectivity index (χ2n) is 8.69. The van der Waals surface area contributed by atoms with Gasteiger partial charge in [0.25, 0.3) is 0 Å². The molecule has 8 nitrogen and oxygen atoms in total. The Labute approximate surface area is 203 Å². The Balaban J connectivity index is 1.29. The lowest BCUT2D eigenvalue weighted by atomic mass is 10.1. The van der Waals surface area contributed by atoms with Crippen molar-refractivity contribution in [2.24, 2.45) is 11.8 Å². The van der Waals surface area contributed by atoms with Crippen molar-refractivity contribution in [2.45, 2.75) is 30.1 Å². The third kappa shape index (κ3) is 4.67. The van der Waals surface area contributed by atoms with E-state index in [9.17, 15) is 30.8 Å². The summed E-state index contributed by atoms with van der Waals surface area (Å²) in [5.41, 5.74) is 1.19. The largest absolute Gasteiger partial charge is 0.451 e. The number of nitrogens with zero attached hydrogens (tertiary/aromatic N) is 4. The molecule has 1 N–H and O–H groups in total. The molecule has 13 heteroatoms. The Kier molecular flexibility index (Phi) is 5.99. The summed E-state index contributed by atoms with van der Waals surface area (Å²) in [7, 11) is -3.99. The maximum Gasteiger partial charge on any atom is 0.451 e. The summed E-state index contributed by atoms with van der Waals surface area (Å²) in [6, 6.07) is 6.78. The van der Waals surface area contributed by atoms with E-state index in [-0.39, 0.29) is 35.4 Å². The molecule has 3 aromatic rings. The molecule has 2 aromatic heterocycles. The molecule has 1 amide bonds. The summed E-state index contributed by atoms with van der Waals surface area (Å²) < 4.78 is 78.8. The number of carbonyl (C=O) groups excluding carboxylic acids is 1. The number of hydrogen-bond donors (Lipinski definition) is 1. The highest BCUT2D eigenvalue weighted by Crippen LogP contribution is 2.51. The number of benzene rings is 1. The number of nitrogens with one attached hydrogen (secondary N) is 1. The molecular weight excluding hydrogens is 502 g/mol. The number of rotatable bonds is 6. The zero-order chi connectivity index (χ0) is 25.7. The normalized spacial score (nSPS) is 21.7. The van der Waals surface area contributed by atoms with Gasteiger partial charge < -0.3 is 5.32 Å².